The predicted octanol–water partition coefficient (Wildman–Crippen LogP) is 3.20. The van der Waals surface area contributed by atoms with Crippen LogP contribution < -0.4 is 4.72 Å². The molecule has 0 aliphatic rings. The van der Waals surface area contributed by atoms with Crippen LogP contribution in [0.25, 0.3) is 0 Å². The van der Waals surface area contributed by atoms with Crippen molar-refractivity contribution < 1.29 is 13.3 Å². The van der Waals surface area contributed by atoms with Gasteiger partial charge >= 0.3 is 0 Å². The van der Waals surface area contributed by atoms with E-state index in [0.29, 0.717) is 0 Å². The molecule has 2 aromatic rings. The van der Waals surface area contributed by atoms with Gasteiger partial charge in [-0.25, -0.2) is 13.1 Å². The summed E-state index contributed by atoms with van der Waals surface area (Å²) < 4.78 is 27.3. The van der Waals surface area contributed by atoms with Crippen LogP contribution in [0.15, 0.2) is 53.4 Å². The number of non-ortho nitro benzene ring substituents is 1. The topological polar surface area (TPSA) is 89.3 Å². The Bertz CT molecular complexity index is 784. The lowest BCUT2D eigenvalue weighted by atomic mass is 10.1. The molecule has 1 N–H and O–H groups in total. The molecule has 0 radical (unpaired) electrons. The first-order chi connectivity index (χ1) is 10.8. The largest absolute Gasteiger partial charge is 0.269 e. The first-order valence-electron chi connectivity index (χ1n) is 7.19. The summed E-state index contributed by atoms with van der Waals surface area (Å²) >= 11 is 0. The van der Waals surface area contributed by atoms with Gasteiger partial charge in [-0.05, 0) is 36.6 Å². The van der Waals surface area contributed by atoms with Crippen LogP contribution in [0.2, 0.25) is 0 Å². The van der Waals surface area contributed by atoms with E-state index >= 15 is 0 Å². The molecule has 122 valence electrons. The molecule has 7 heteroatoms. The Labute approximate surface area is 135 Å². The maximum atomic E-state index is 12.3. The second-order valence-corrected chi connectivity index (χ2v) is 6.90. The summed E-state index contributed by atoms with van der Waals surface area (Å²) in [5.74, 6) is 0. The fraction of sp³-hybridized carbons (Fsp3) is 0.250. The lowest BCUT2D eigenvalue weighted by Crippen LogP contribution is -2.26. The third-order valence-corrected chi connectivity index (χ3v) is 5.13. The van der Waals surface area contributed by atoms with Crippen LogP contribution in [0.4, 0.5) is 5.69 Å². The molecule has 0 aromatic heterocycles. The van der Waals surface area contributed by atoms with Crippen molar-refractivity contribution in [1.82, 2.24) is 4.72 Å². The molecular weight excluding hydrogens is 316 g/mol. The number of benzene rings is 2. The van der Waals surface area contributed by atoms with E-state index in [4.69, 9.17) is 0 Å². The van der Waals surface area contributed by atoms with Crippen molar-refractivity contribution in [3.63, 3.8) is 0 Å². The lowest BCUT2D eigenvalue weighted by Gasteiger charge is -2.15. The van der Waals surface area contributed by atoms with Crippen LogP contribution in [-0.2, 0) is 16.4 Å². The summed E-state index contributed by atoms with van der Waals surface area (Å²) in [6.07, 6.45) is 0.920. The van der Waals surface area contributed by atoms with E-state index in [1.54, 1.807) is 6.92 Å². The molecule has 0 bridgehead atoms. The first-order valence-corrected chi connectivity index (χ1v) is 8.67. The number of hydrogen-bond acceptors (Lipinski definition) is 4. The Morgan fingerprint density at radius 1 is 1.09 bits per heavy atom. The van der Waals surface area contributed by atoms with Gasteiger partial charge in [-0.2, -0.15) is 0 Å². The van der Waals surface area contributed by atoms with Crippen LogP contribution in [0, 0.1) is 10.1 Å². The van der Waals surface area contributed by atoms with Gasteiger partial charge < -0.3 is 0 Å². The standard InChI is InChI=1S/C16H18N2O4S/c1-3-13-4-6-14(7-5-13)12(2)17-23(21,22)16-10-8-15(9-11-16)18(19)20/h4-12,17H,3H2,1-2H3/t12-/m1/s1. The molecule has 0 spiro atoms. The average Bonchev–Trinajstić information content (AvgIpc) is 2.54. The van der Waals surface area contributed by atoms with Gasteiger partial charge in [0.2, 0.25) is 10.0 Å². The quantitative estimate of drug-likeness (QED) is 0.649. The molecule has 0 heterocycles. The number of nitro groups is 1. The molecular formula is C16H18N2O4S. The summed E-state index contributed by atoms with van der Waals surface area (Å²) in [5, 5.41) is 10.6. The van der Waals surface area contributed by atoms with Crippen LogP contribution in [-0.4, -0.2) is 13.3 Å². The SMILES string of the molecule is CCc1ccc([C@@H](C)NS(=O)(=O)c2ccc([N+](=O)[O-])cc2)cc1. The van der Waals surface area contributed by atoms with E-state index in [-0.39, 0.29) is 10.6 Å². The molecule has 0 unspecified atom stereocenters. The van der Waals surface area contributed by atoms with Crippen molar-refractivity contribution >= 4 is 15.7 Å². The number of aryl methyl sites for hydroxylation is 1. The van der Waals surface area contributed by atoms with Gasteiger partial charge in [-0.1, -0.05) is 31.2 Å². The fourth-order valence-corrected chi connectivity index (χ4v) is 3.39. The number of nitrogens with zero attached hydrogens (tertiary/aromatic N) is 1. The van der Waals surface area contributed by atoms with Crippen molar-refractivity contribution in [2.75, 3.05) is 0 Å². The van der Waals surface area contributed by atoms with Crippen LogP contribution in [0.3, 0.4) is 0 Å². The number of hydrogen-bond donors (Lipinski definition) is 1. The van der Waals surface area contributed by atoms with Gasteiger partial charge in [0.25, 0.3) is 5.69 Å². The maximum absolute atomic E-state index is 12.3. The number of rotatable bonds is 6. The predicted molar refractivity (Wildman–Crippen MR) is 87.7 cm³/mol. The van der Waals surface area contributed by atoms with Gasteiger partial charge in [-0.3, -0.25) is 10.1 Å². The molecule has 6 nitrogen and oxygen atoms in total. The van der Waals surface area contributed by atoms with Gasteiger partial charge in [0.15, 0.2) is 0 Å². The van der Waals surface area contributed by atoms with Gasteiger partial charge in [0, 0.05) is 18.2 Å². The molecule has 0 fully saturated rings. The van der Waals surface area contributed by atoms with Crippen LogP contribution in [0.5, 0.6) is 0 Å². The molecule has 0 aliphatic heterocycles. The van der Waals surface area contributed by atoms with Crippen molar-refractivity contribution in [1.29, 1.82) is 0 Å². The van der Waals surface area contributed by atoms with Crippen LogP contribution >= 0.6 is 0 Å². The molecule has 0 saturated heterocycles. The Morgan fingerprint density at radius 2 is 1.65 bits per heavy atom. The minimum Gasteiger partial charge on any atom is -0.258 e. The van der Waals surface area contributed by atoms with E-state index < -0.39 is 21.0 Å². The highest BCUT2D eigenvalue weighted by Gasteiger charge is 2.19. The maximum Gasteiger partial charge on any atom is 0.269 e. The average molecular weight is 334 g/mol. The van der Waals surface area contributed by atoms with E-state index in [0.717, 1.165) is 12.0 Å². The minimum absolute atomic E-state index is 0.000119. The highest BCUT2D eigenvalue weighted by atomic mass is 32.2. The van der Waals surface area contributed by atoms with Gasteiger partial charge in [0.1, 0.15) is 0 Å². The highest BCUT2D eigenvalue weighted by Crippen LogP contribution is 2.20. The highest BCUT2D eigenvalue weighted by molar-refractivity contribution is 7.89. The van der Waals surface area contributed by atoms with Gasteiger partial charge in [-0.15, -0.1) is 0 Å². The Hall–Kier alpha value is -2.25. The number of sulfonamides is 1. The minimum atomic E-state index is -3.74. The zero-order valence-electron chi connectivity index (χ0n) is 12.9. The third-order valence-electron chi connectivity index (χ3n) is 3.58. The lowest BCUT2D eigenvalue weighted by molar-refractivity contribution is -0.384. The van der Waals surface area contributed by atoms with Crippen molar-refractivity contribution in [3.05, 3.63) is 69.8 Å². The zero-order chi connectivity index (χ0) is 17.0. The summed E-state index contributed by atoms with van der Waals surface area (Å²) in [5.41, 5.74) is 1.89. The summed E-state index contributed by atoms with van der Waals surface area (Å²) in [6.45, 7) is 3.81. The van der Waals surface area contributed by atoms with E-state index in [2.05, 4.69) is 11.6 Å². The molecule has 2 aromatic carbocycles. The monoisotopic (exact) mass is 334 g/mol. The van der Waals surface area contributed by atoms with E-state index in [1.807, 2.05) is 24.3 Å². The first kappa shape index (κ1) is 17.1. The smallest absolute Gasteiger partial charge is 0.258 e. The summed E-state index contributed by atoms with van der Waals surface area (Å²) in [7, 11) is -3.74. The summed E-state index contributed by atoms with van der Waals surface area (Å²) in [6, 6.07) is 12.1. The van der Waals surface area contributed by atoms with Crippen molar-refractivity contribution in [3.8, 4) is 0 Å². The molecule has 2 rings (SSSR count). The fourth-order valence-electron chi connectivity index (χ4n) is 2.16. The zero-order valence-corrected chi connectivity index (χ0v) is 13.7. The molecule has 23 heavy (non-hydrogen) atoms. The summed E-state index contributed by atoms with van der Waals surface area (Å²) in [4.78, 5) is 10.0. The normalized spacial score (nSPS) is 12.8. The number of nitrogens with one attached hydrogen (secondary N) is 1. The van der Waals surface area contributed by atoms with E-state index in [1.165, 1.54) is 29.8 Å². The van der Waals surface area contributed by atoms with Crippen molar-refractivity contribution in [2.45, 2.75) is 31.2 Å². The second-order valence-electron chi connectivity index (χ2n) is 5.19. The molecule has 0 saturated carbocycles. The van der Waals surface area contributed by atoms with E-state index in [9.17, 15) is 18.5 Å². The van der Waals surface area contributed by atoms with Crippen LogP contribution in [0.1, 0.15) is 31.0 Å². The second kappa shape index (κ2) is 6.89. The van der Waals surface area contributed by atoms with Crippen molar-refractivity contribution in [2.24, 2.45) is 0 Å². The van der Waals surface area contributed by atoms with Gasteiger partial charge in [0.05, 0.1) is 9.82 Å². The molecule has 1 atom stereocenters. The molecule has 0 aliphatic carbocycles. The molecule has 0 amide bonds. The Morgan fingerprint density at radius 3 is 2.13 bits per heavy atom. The third kappa shape index (κ3) is 4.14. The Balaban J connectivity index is 2.17. The number of nitro benzene ring substituents is 1. The Kier molecular flexibility index (Phi) is 5.12.